The first-order valence-corrected chi connectivity index (χ1v) is 11.7. The summed E-state index contributed by atoms with van der Waals surface area (Å²) in [4.78, 5) is 31.3. The van der Waals surface area contributed by atoms with E-state index in [1.54, 1.807) is 24.3 Å². The standard InChI is InChI=1S/C28H25N5O3/c1-17(2)25-30-27(36-32-25)22-15-9-10-18(3)23(22)29-26(34)24-20-13-7-8-14-21(20)28(35)33(31-24)16-19-11-5-4-6-12-19/h4-15,17H,16H2,1-3H3,(H,29,34). The van der Waals surface area contributed by atoms with Gasteiger partial charge < -0.3 is 9.84 Å². The van der Waals surface area contributed by atoms with Crippen LogP contribution >= 0.6 is 0 Å². The Bertz CT molecular complexity index is 1620. The van der Waals surface area contributed by atoms with E-state index < -0.39 is 5.91 Å². The van der Waals surface area contributed by atoms with E-state index >= 15 is 0 Å². The molecule has 0 aliphatic heterocycles. The van der Waals surface area contributed by atoms with E-state index in [1.165, 1.54) is 4.68 Å². The molecule has 0 spiro atoms. The topological polar surface area (TPSA) is 103 Å². The summed E-state index contributed by atoms with van der Waals surface area (Å²) in [7, 11) is 0. The molecule has 3 aromatic carbocycles. The van der Waals surface area contributed by atoms with Crippen molar-refractivity contribution < 1.29 is 9.32 Å². The molecule has 0 radical (unpaired) electrons. The second kappa shape index (κ2) is 9.58. The molecule has 0 saturated heterocycles. The van der Waals surface area contributed by atoms with Crippen LogP contribution in [0.3, 0.4) is 0 Å². The highest BCUT2D eigenvalue weighted by molar-refractivity contribution is 6.12. The Morgan fingerprint density at radius 2 is 1.69 bits per heavy atom. The summed E-state index contributed by atoms with van der Waals surface area (Å²) in [5.41, 5.74) is 2.80. The largest absolute Gasteiger partial charge is 0.334 e. The number of nitrogens with one attached hydrogen (secondary N) is 1. The third kappa shape index (κ3) is 4.40. The van der Waals surface area contributed by atoms with Crippen molar-refractivity contribution >= 4 is 22.4 Å². The van der Waals surface area contributed by atoms with Crippen LogP contribution in [0, 0.1) is 6.92 Å². The van der Waals surface area contributed by atoms with Gasteiger partial charge in [-0.25, -0.2) is 4.68 Å². The minimum atomic E-state index is -0.438. The zero-order valence-corrected chi connectivity index (χ0v) is 20.2. The van der Waals surface area contributed by atoms with Gasteiger partial charge in [0.05, 0.1) is 23.2 Å². The molecule has 2 aromatic heterocycles. The Morgan fingerprint density at radius 1 is 0.972 bits per heavy atom. The molecule has 5 rings (SSSR count). The summed E-state index contributed by atoms with van der Waals surface area (Å²) in [6.45, 7) is 6.10. The highest BCUT2D eigenvalue weighted by atomic mass is 16.5. The van der Waals surface area contributed by atoms with Crippen molar-refractivity contribution in [2.45, 2.75) is 33.2 Å². The zero-order chi connectivity index (χ0) is 25.2. The van der Waals surface area contributed by atoms with Crippen LogP contribution in [-0.4, -0.2) is 25.8 Å². The van der Waals surface area contributed by atoms with Gasteiger partial charge in [-0.05, 0) is 30.2 Å². The van der Waals surface area contributed by atoms with Crippen molar-refractivity contribution in [2.75, 3.05) is 5.32 Å². The van der Waals surface area contributed by atoms with Crippen molar-refractivity contribution in [3.05, 3.63) is 106 Å². The molecule has 1 N–H and O–H groups in total. The summed E-state index contributed by atoms with van der Waals surface area (Å²) < 4.78 is 6.82. The lowest BCUT2D eigenvalue weighted by molar-refractivity contribution is 0.102. The number of anilines is 1. The van der Waals surface area contributed by atoms with Gasteiger partial charge in [-0.3, -0.25) is 9.59 Å². The second-order valence-electron chi connectivity index (χ2n) is 8.91. The summed E-state index contributed by atoms with van der Waals surface area (Å²) >= 11 is 0. The Balaban J connectivity index is 1.58. The predicted octanol–water partition coefficient (Wildman–Crippen LogP) is 5.18. The van der Waals surface area contributed by atoms with Crippen LogP contribution in [0.15, 0.2) is 82.1 Å². The maximum atomic E-state index is 13.6. The SMILES string of the molecule is Cc1cccc(-c2nc(C(C)C)no2)c1NC(=O)c1nn(Cc2ccccc2)c(=O)c2ccccc12. The Kier molecular flexibility index (Phi) is 6.16. The average Bonchev–Trinajstić information content (AvgIpc) is 3.38. The van der Waals surface area contributed by atoms with Crippen LogP contribution in [0.25, 0.3) is 22.2 Å². The third-order valence-electron chi connectivity index (χ3n) is 5.96. The number of rotatable bonds is 6. The molecular formula is C28H25N5O3. The molecule has 8 heteroatoms. The lowest BCUT2D eigenvalue weighted by Gasteiger charge is -2.14. The van der Waals surface area contributed by atoms with E-state index in [0.29, 0.717) is 33.7 Å². The fraction of sp³-hybridized carbons (Fsp3) is 0.179. The predicted molar refractivity (Wildman–Crippen MR) is 138 cm³/mol. The molecule has 2 heterocycles. The number of carbonyl (C=O) groups is 1. The van der Waals surface area contributed by atoms with E-state index in [4.69, 9.17) is 4.52 Å². The number of nitrogens with zero attached hydrogens (tertiary/aromatic N) is 4. The Labute approximate surface area is 207 Å². The summed E-state index contributed by atoms with van der Waals surface area (Å²) in [6, 6.07) is 22.1. The summed E-state index contributed by atoms with van der Waals surface area (Å²) in [6.07, 6.45) is 0. The summed E-state index contributed by atoms with van der Waals surface area (Å²) in [5.74, 6) is 0.577. The molecule has 0 fully saturated rings. The molecule has 8 nitrogen and oxygen atoms in total. The molecule has 0 aliphatic carbocycles. The molecule has 0 atom stereocenters. The Morgan fingerprint density at radius 3 is 2.42 bits per heavy atom. The average molecular weight is 480 g/mol. The van der Waals surface area contributed by atoms with Gasteiger partial charge in [0.2, 0.25) is 0 Å². The number of aromatic nitrogens is 4. The molecule has 36 heavy (non-hydrogen) atoms. The van der Waals surface area contributed by atoms with Crippen LogP contribution < -0.4 is 10.9 Å². The Hall–Kier alpha value is -4.59. The lowest BCUT2D eigenvalue weighted by atomic mass is 10.1. The maximum Gasteiger partial charge on any atom is 0.276 e. The molecule has 0 unspecified atom stereocenters. The van der Waals surface area contributed by atoms with Gasteiger partial charge in [-0.15, -0.1) is 0 Å². The zero-order valence-electron chi connectivity index (χ0n) is 20.2. The minimum Gasteiger partial charge on any atom is -0.334 e. The number of hydrogen-bond donors (Lipinski definition) is 1. The second-order valence-corrected chi connectivity index (χ2v) is 8.91. The number of benzene rings is 3. The first kappa shape index (κ1) is 23.2. The normalized spacial score (nSPS) is 11.2. The molecule has 1 amide bonds. The maximum absolute atomic E-state index is 13.6. The number of amides is 1. The highest BCUT2D eigenvalue weighted by Gasteiger charge is 2.21. The lowest BCUT2D eigenvalue weighted by Crippen LogP contribution is -2.28. The van der Waals surface area contributed by atoms with Crippen molar-refractivity contribution in [3.8, 4) is 11.5 Å². The van der Waals surface area contributed by atoms with Crippen LogP contribution in [0.1, 0.15) is 47.2 Å². The smallest absolute Gasteiger partial charge is 0.276 e. The van der Waals surface area contributed by atoms with E-state index in [1.807, 2.05) is 69.3 Å². The van der Waals surface area contributed by atoms with Gasteiger partial charge >= 0.3 is 0 Å². The number of para-hydroxylation sites is 1. The first-order chi connectivity index (χ1) is 17.4. The first-order valence-electron chi connectivity index (χ1n) is 11.7. The third-order valence-corrected chi connectivity index (χ3v) is 5.96. The van der Waals surface area contributed by atoms with E-state index in [-0.39, 0.29) is 23.7 Å². The van der Waals surface area contributed by atoms with Crippen LogP contribution in [0.4, 0.5) is 5.69 Å². The number of fused-ring (bicyclic) bond motifs is 1. The fourth-order valence-electron chi connectivity index (χ4n) is 4.03. The van der Waals surface area contributed by atoms with Crippen LogP contribution in [0.5, 0.6) is 0 Å². The van der Waals surface area contributed by atoms with Crippen molar-refractivity contribution in [3.63, 3.8) is 0 Å². The number of carbonyl (C=O) groups excluding carboxylic acids is 1. The van der Waals surface area contributed by atoms with Gasteiger partial charge in [0.25, 0.3) is 17.4 Å². The quantitative estimate of drug-likeness (QED) is 0.360. The number of hydrogen-bond acceptors (Lipinski definition) is 6. The van der Waals surface area contributed by atoms with Crippen molar-refractivity contribution in [2.24, 2.45) is 0 Å². The minimum absolute atomic E-state index is 0.103. The highest BCUT2D eigenvalue weighted by Crippen LogP contribution is 2.31. The molecule has 0 aliphatic rings. The molecule has 0 saturated carbocycles. The molecule has 180 valence electrons. The molecule has 0 bridgehead atoms. The monoisotopic (exact) mass is 479 g/mol. The molecular weight excluding hydrogens is 454 g/mol. The molecule has 5 aromatic rings. The number of aryl methyl sites for hydroxylation is 1. The van der Waals surface area contributed by atoms with Crippen LogP contribution in [0.2, 0.25) is 0 Å². The van der Waals surface area contributed by atoms with Crippen molar-refractivity contribution in [1.29, 1.82) is 0 Å². The van der Waals surface area contributed by atoms with E-state index in [0.717, 1.165) is 11.1 Å². The van der Waals surface area contributed by atoms with Gasteiger partial charge in [0.15, 0.2) is 11.5 Å². The van der Waals surface area contributed by atoms with E-state index in [2.05, 4.69) is 20.6 Å². The summed E-state index contributed by atoms with van der Waals surface area (Å²) in [5, 5.41) is 12.4. The fourth-order valence-corrected chi connectivity index (χ4v) is 4.03. The van der Waals surface area contributed by atoms with Gasteiger partial charge in [-0.1, -0.05) is 79.7 Å². The van der Waals surface area contributed by atoms with Gasteiger partial charge in [-0.2, -0.15) is 10.1 Å². The van der Waals surface area contributed by atoms with Gasteiger partial charge in [0.1, 0.15) is 0 Å². The van der Waals surface area contributed by atoms with E-state index in [9.17, 15) is 9.59 Å². The van der Waals surface area contributed by atoms with Gasteiger partial charge in [0, 0.05) is 11.3 Å². The van der Waals surface area contributed by atoms with Crippen molar-refractivity contribution in [1.82, 2.24) is 19.9 Å². The van der Waals surface area contributed by atoms with Crippen LogP contribution in [-0.2, 0) is 6.54 Å².